The Hall–Kier alpha value is -1.02. The third kappa shape index (κ3) is 3.81. The summed E-state index contributed by atoms with van der Waals surface area (Å²) in [7, 11) is 1.76. The lowest BCUT2D eigenvalue weighted by atomic mass is 9.88. The van der Waals surface area contributed by atoms with Gasteiger partial charge in [0.2, 0.25) is 5.91 Å². The van der Waals surface area contributed by atoms with Crippen LogP contribution >= 0.6 is 11.3 Å². The van der Waals surface area contributed by atoms with E-state index in [1.807, 2.05) is 10.3 Å². The Morgan fingerprint density at radius 3 is 2.81 bits per heavy atom. The van der Waals surface area contributed by atoms with Crippen LogP contribution in [0.2, 0.25) is 0 Å². The number of amides is 1. The zero-order chi connectivity index (χ0) is 18.1. The van der Waals surface area contributed by atoms with Crippen LogP contribution in [0.4, 0.5) is 0 Å². The molecule has 144 valence electrons. The van der Waals surface area contributed by atoms with Crippen LogP contribution in [0.25, 0.3) is 0 Å². The molecule has 1 N–H and O–H groups in total. The first-order chi connectivity index (χ1) is 12.6. The van der Waals surface area contributed by atoms with Crippen molar-refractivity contribution < 1.29 is 14.6 Å². The van der Waals surface area contributed by atoms with E-state index in [1.165, 1.54) is 12.8 Å². The molecular formula is C19H29N3O3S. The molecular weight excluding hydrogens is 350 g/mol. The Bertz CT molecular complexity index is 638. The van der Waals surface area contributed by atoms with E-state index in [2.05, 4.69) is 4.90 Å². The molecule has 1 unspecified atom stereocenters. The van der Waals surface area contributed by atoms with Gasteiger partial charge in [0.05, 0.1) is 18.8 Å². The number of nitrogens with zero attached hydrogens (tertiary/aromatic N) is 3. The van der Waals surface area contributed by atoms with Gasteiger partial charge >= 0.3 is 0 Å². The predicted molar refractivity (Wildman–Crippen MR) is 99.9 cm³/mol. The number of likely N-dealkylation sites (tertiary alicyclic amines) is 2. The highest BCUT2D eigenvalue weighted by molar-refractivity contribution is 7.09. The predicted octanol–water partition coefficient (Wildman–Crippen LogP) is 1.97. The van der Waals surface area contributed by atoms with Crippen molar-refractivity contribution in [3.8, 4) is 0 Å². The highest BCUT2D eigenvalue weighted by Crippen LogP contribution is 2.37. The van der Waals surface area contributed by atoms with E-state index in [1.54, 1.807) is 18.4 Å². The van der Waals surface area contributed by atoms with Gasteiger partial charge in [-0.1, -0.05) is 0 Å². The summed E-state index contributed by atoms with van der Waals surface area (Å²) >= 11 is 1.64. The van der Waals surface area contributed by atoms with E-state index in [4.69, 9.17) is 9.72 Å². The second-order valence-electron chi connectivity index (χ2n) is 7.98. The smallest absolute Gasteiger partial charge is 0.225 e. The van der Waals surface area contributed by atoms with Crippen molar-refractivity contribution in [1.29, 1.82) is 0 Å². The monoisotopic (exact) mass is 379 g/mol. The summed E-state index contributed by atoms with van der Waals surface area (Å²) in [6.45, 7) is 3.97. The number of thiazole rings is 1. The summed E-state index contributed by atoms with van der Waals surface area (Å²) in [6.07, 6.45) is 5.64. The molecule has 4 rings (SSSR count). The number of aromatic nitrogens is 1. The third-order valence-corrected chi connectivity index (χ3v) is 6.89. The molecule has 3 aliphatic rings. The molecule has 2 saturated heterocycles. The van der Waals surface area contributed by atoms with Crippen LogP contribution in [-0.4, -0.2) is 65.2 Å². The number of carbonyl (C=O) groups excluding carboxylic acids is 1. The highest BCUT2D eigenvalue weighted by atomic mass is 32.1. The summed E-state index contributed by atoms with van der Waals surface area (Å²) in [5.74, 6) is 0.539. The summed E-state index contributed by atoms with van der Waals surface area (Å²) in [4.78, 5) is 21.3. The molecule has 6 nitrogen and oxygen atoms in total. The average molecular weight is 380 g/mol. The van der Waals surface area contributed by atoms with Gasteiger partial charge in [-0.3, -0.25) is 9.69 Å². The van der Waals surface area contributed by atoms with E-state index < -0.39 is 5.60 Å². The number of ether oxygens (including phenoxy) is 1. The lowest BCUT2D eigenvalue weighted by Gasteiger charge is -2.37. The van der Waals surface area contributed by atoms with Crippen molar-refractivity contribution in [2.24, 2.45) is 5.92 Å². The maximum atomic E-state index is 12.2. The Balaban J connectivity index is 1.36. The number of hydrogen-bond donors (Lipinski definition) is 1. The minimum atomic E-state index is -0.883. The molecule has 1 amide bonds. The molecule has 1 aliphatic carbocycles. The van der Waals surface area contributed by atoms with Gasteiger partial charge in [-0.05, 0) is 45.1 Å². The second-order valence-corrected chi connectivity index (χ2v) is 8.92. The third-order valence-electron chi connectivity index (χ3n) is 6.05. The quantitative estimate of drug-likeness (QED) is 0.819. The van der Waals surface area contributed by atoms with E-state index in [9.17, 15) is 9.90 Å². The number of hydrogen-bond acceptors (Lipinski definition) is 6. The number of rotatable bonds is 6. The van der Waals surface area contributed by atoms with Crippen LogP contribution < -0.4 is 0 Å². The highest BCUT2D eigenvalue weighted by Gasteiger charge is 2.40. The van der Waals surface area contributed by atoms with Crippen LogP contribution in [0.1, 0.15) is 49.2 Å². The molecule has 7 heteroatoms. The van der Waals surface area contributed by atoms with Crippen molar-refractivity contribution in [1.82, 2.24) is 14.8 Å². The van der Waals surface area contributed by atoms with E-state index in [-0.39, 0.29) is 11.8 Å². The summed E-state index contributed by atoms with van der Waals surface area (Å²) in [5.41, 5.74) is -0.0926. The van der Waals surface area contributed by atoms with Gasteiger partial charge in [0.1, 0.15) is 10.6 Å². The topological polar surface area (TPSA) is 65.9 Å². The normalized spacial score (nSPS) is 26.4. The zero-order valence-electron chi connectivity index (χ0n) is 15.5. The average Bonchev–Trinajstić information content (AvgIpc) is 3.23. The number of aliphatic hydroxyl groups is 1. The first-order valence-corrected chi connectivity index (χ1v) is 10.7. The van der Waals surface area contributed by atoms with Crippen molar-refractivity contribution >= 4 is 17.2 Å². The van der Waals surface area contributed by atoms with Crippen molar-refractivity contribution in [3.05, 3.63) is 16.1 Å². The molecule has 1 aromatic heterocycles. The molecule has 2 aliphatic heterocycles. The molecule has 1 aromatic rings. The fourth-order valence-electron chi connectivity index (χ4n) is 4.20. The molecule has 0 radical (unpaired) electrons. The molecule has 0 aromatic carbocycles. The van der Waals surface area contributed by atoms with Crippen molar-refractivity contribution in [2.45, 2.75) is 56.7 Å². The molecule has 0 spiro atoms. The Morgan fingerprint density at radius 1 is 1.35 bits per heavy atom. The number of piperidine rings is 1. The fraction of sp³-hybridized carbons (Fsp3) is 0.789. The SMILES string of the molecule is COCC1CCCN1Cc1nc(C2(O)CCN(C(=O)C3CC3)CC2)cs1. The van der Waals surface area contributed by atoms with Gasteiger partial charge in [0, 0.05) is 37.5 Å². The van der Waals surface area contributed by atoms with Crippen LogP contribution in [0.5, 0.6) is 0 Å². The van der Waals surface area contributed by atoms with Gasteiger partial charge in [0.15, 0.2) is 0 Å². The summed E-state index contributed by atoms with van der Waals surface area (Å²) < 4.78 is 5.33. The maximum absolute atomic E-state index is 12.2. The Labute approximate surface area is 159 Å². The largest absolute Gasteiger partial charge is 0.383 e. The van der Waals surface area contributed by atoms with Gasteiger partial charge in [-0.15, -0.1) is 11.3 Å². The summed E-state index contributed by atoms with van der Waals surface area (Å²) in [6, 6.07) is 0.479. The van der Waals surface area contributed by atoms with Crippen molar-refractivity contribution in [3.63, 3.8) is 0 Å². The molecule has 1 saturated carbocycles. The van der Waals surface area contributed by atoms with E-state index >= 15 is 0 Å². The Kier molecular flexibility index (Phi) is 5.32. The van der Waals surface area contributed by atoms with Crippen molar-refractivity contribution in [2.75, 3.05) is 33.4 Å². The molecule has 3 heterocycles. The van der Waals surface area contributed by atoms with E-state index in [0.29, 0.717) is 32.0 Å². The lowest BCUT2D eigenvalue weighted by molar-refractivity contribution is -0.137. The summed E-state index contributed by atoms with van der Waals surface area (Å²) in [5, 5.41) is 14.2. The van der Waals surface area contributed by atoms with Crippen LogP contribution in [-0.2, 0) is 21.7 Å². The van der Waals surface area contributed by atoms with Gasteiger partial charge in [0.25, 0.3) is 0 Å². The molecule has 26 heavy (non-hydrogen) atoms. The first kappa shape index (κ1) is 18.3. The first-order valence-electron chi connectivity index (χ1n) is 9.78. The van der Waals surface area contributed by atoms with Crippen LogP contribution in [0, 0.1) is 5.92 Å². The number of carbonyl (C=O) groups is 1. The molecule has 1 atom stereocenters. The lowest BCUT2D eigenvalue weighted by Crippen LogP contribution is -2.45. The minimum absolute atomic E-state index is 0.257. The fourth-order valence-corrected chi connectivity index (χ4v) is 5.11. The van der Waals surface area contributed by atoms with Gasteiger partial charge in [-0.25, -0.2) is 4.98 Å². The Morgan fingerprint density at radius 2 is 2.12 bits per heavy atom. The van der Waals surface area contributed by atoms with Crippen LogP contribution in [0.3, 0.4) is 0 Å². The molecule has 3 fully saturated rings. The standard InChI is InChI=1S/C19H29N3O3S/c1-25-12-15-3-2-8-22(15)11-17-20-16(13-26-17)19(24)6-9-21(10-7-19)18(23)14-4-5-14/h13-15,24H,2-12H2,1H3. The van der Waals surface area contributed by atoms with Gasteiger partial charge < -0.3 is 14.7 Å². The zero-order valence-corrected chi connectivity index (χ0v) is 16.3. The molecule has 0 bridgehead atoms. The minimum Gasteiger partial charge on any atom is -0.383 e. The second kappa shape index (κ2) is 7.54. The number of methoxy groups -OCH3 is 1. The van der Waals surface area contributed by atoms with Crippen LogP contribution in [0.15, 0.2) is 5.38 Å². The maximum Gasteiger partial charge on any atom is 0.225 e. The van der Waals surface area contributed by atoms with E-state index in [0.717, 1.165) is 43.2 Å². The van der Waals surface area contributed by atoms with Gasteiger partial charge in [-0.2, -0.15) is 0 Å².